The normalized spacial score (nSPS) is 12.4. The van der Waals surface area contributed by atoms with E-state index in [4.69, 9.17) is 0 Å². The molecular weight excluding hydrogens is 602 g/mol. The van der Waals surface area contributed by atoms with E-state index < -0.39 is 28.5 Å². The van der Waals surface area contributed by atoms with Crippen molar-refractivity contribution in [2.45, 2.75) is 43.8 Å². The minimum atomic E-state index is -3.98. The number of benzene rings is 4. The van der Waals surface area contributed by atoms with Gasteiger partial charge in [-0.05, 0) is 60.0 Å². The van der Waals surface area contributed by atoms with Gasteiger partial charge in [0.15, 0.2) is 0 Å². The molecule has 4 aromatic rings. The molecule has 2 amide bonds. The molecule has 4 rings (SSSR count). The zero-order chi connectivity index (χ0) is 29.6. The molecule has 0 aliphatic rings. The summed E-state index contributed by atoms with van der Waals surface area (Å²) in [6.07, 6.45) is 0.281. The molecule has 0 spiro atoms. The topological polar surface area (TPSA) is 86.8 Å². The molecule has 41 heavy (non-hydrogen) atoms. The van der Waals surface area contributed by atoms with Gasteiger partial charge in [-0.3, -0.25) is 9.59 Å². The molecule has 0 aliphatic carbocycles. The fraction of sp³-hybridized carbons (Fsp3) is 0.250. The van der Waals surface area contributed by atoms with Crippen LogP contribution in [0, 0.1) is 0 Å². The van der Waals surface area contributed by atoms with Gasteiger partial charge in [0.25, 0.3) is 0 Å². The number of hydrogen-bond donors (Lipinski definition) is 1. The summed E-state index contributed by atoms with van der Waals surface area (Å²) in [5.74, 6) is -0.769. The smallest absolute Gasteiger partial charge is 0.243 e. The Morgan fingerprint density at radius 2 is 1.46 bits per heavy atom. The van der Waals surface area contributed by atoms with Crippen molar-refractivity contribution in [3.63, 3.8) is 0 Å². The van der Waals surface area contributed by atoms with E-state index in [1.807, 2.05) is 92.7 Å². The number of carbonyl (C=O) groups excluding carboxylic acids is 2. The minimum Gasteiger partial charge on any atom is -0.352 e. The zero-order valence-corrected chi connectivity index (χ0v) is 25.7. The summed E-state index contributed by atoms with van der Waals surface area (Å²) in [4.78, 5) is 29.1. The molecule has 0 unspecified atom stereocenters. The first-order valence-corrected chi connectivity index (χ1v) is 15.6. The molecule has 7 nitrogen and oxygen atoms in total. The Labute approximate surface area is 250 Å². The third-order valence-corrected chi connectivity index (χ3v) is 9.08. The molecule has 0 radical (unpaired) electrons. The van der Waals surface area contributed by atoms with Crippen molar-refractivity contribution in [3.05, 3.63) is 113 Å². The summed E-state index contributed by atoms with van der Waals surface area (Å²) in [6.45, 7) is 3.44. The number of amides is 2. The molecule has 0 aliphatic heterocycles. The molecule has 9 heteroatoms. The number of nitrogens with one attached hydrogen (secondary N) is 1. The Morgan fingerprint density at radius 1 is 0.829 bits per heavy atom. The average molecular weight is 637 g/mol. The number of nitrogens with zero attached hydrogens (tertiary/aromatic N) is 2. The van der Waals surface area contributed by atoms with Crippen LogP contribution in [0.5, 0.6) is 0 Å². The van der Waals surface area contributed by atoms with Crippen LogP contribution in [-0.2, 0) is 32.6 Å². The van der Waals surface area contributed by atoms with Gasteiger partial charge in [0.1, 0.15) is 6.04 Å². The van der Waals surface area contributed by atoms with Gasteiger partial charge < -0.3 is 10.2 Å². The van der Waals surface area contributed by atoms with Gasteiger partial charge in [0.05, 0.1) is 11.4 Å². The highest BCUT2D eigenvalue weighted by Crippen LogP contribution is 2.22. The molecule has 1 atom stereocenters. The first kappa shape index (κ1) is 30.4. The summed E-state index contributed by atoms with van der Waals surface area (Å²) in [7, 11) is -2.59. The highest BCUT2D eigenvalue weighted by molar-refractivity contribution is 9.10. The van der Waals surface area contributed by atoms with Crippen molar-refractivity contribution in [2.24, 2.45) is 0 Å². The summed E-state index contributed by atoms with van der Waals surface area (Å²) in [5.41, 5.74) is 1.71. The minimum absolute atomic E-state index is 0.101. The van der Waals surface area contributed by atoms with Crippen molar-refractivity contribution in [3.8, 4) is 0 Å². The lowest BCUT2D eigenvalue weighted by atomic mass is 10.0. The van der Waals surface area contributed by atoms with Crippen molar-refractivity contribution in [1.82, 2.24) is 14.5 Å². The van der Waals surface area contributed by atoms with Crippen molar-refractivity contribution >= 4 is 48.5 Å². The van der Waals surface area contributed by atoms with Crippen LogP contribution in [0.3, 0.4) is 0 Å². The predicted octanol–water partition coefficient (Wildman–Crippen LogP) is 5.39. The second-order valence-corrected chi connectivity index (χ2v) is 13.2. The quantitative estimate of drug-likeness (QED) is 0.239. The Balaban J connectivity index is 1.66. The van der Waals surface area contributed by atoms with Gasteiger partial charge >= 0.3 is 0 Å². The van der Waals surface area contributed by atoms with E-state index in [0.717, 1.165) is 30.7 Å². The van der Waals surface area contributed by atoms with E-state index in [9.17, 15) is 18.0 Å². The molecule has 0 saturated carbocycles. The van der Waals surface area contributed by atoms with Gasteiger partial charge in [0.2, 0.25) is 21.8 Å². The fourth-order valence-corrected chi connectivity index (χ4v) is 6.02. The molecule has 0 heterocycles. The molecule has 0 fully saturated rings. The van der Waals surface area contributed by atoms with Crippen LogP contribution in [0.4, 0.5) is 0 Å². The van der Waals surface area contributed by atoms with Crippen molar-refractivity contribution in [2.75, 3.05) is 13.6 Å². The van der Waals surface area contributed by atoms with Crippen LogP contribution >= 0.6 is 15.9 Å². The molecule has 1 N–H and O–H groups in total. The number of carbonyl (C=O) groups is 2. The predicted molar refractivity (Wildman–Crippen MR) is 166 cm³/mol. The second kappa shape index (κ2) is 13.4. The summed E-state index contributed by atoms with van der Waals surface area (Å²) >= 11 is 3.44. The second-order valence-electron chi connectivity index (χ2n) is 10.3. The molecule has 0 saturated heterocycles. The molecule has 214 valence electrons. The number of rotatable bonds is 11. The van der Waals surface area contributed by atoms with Gasteiger partial charge in [-0.15, -0.1) is 0 Å². The lowest BCUT2D eigenvalue weighted by molar-refractivity contribution is -0.141. The largest absolute Gasteiger partial charge is 0.352 e. The van der Waals surface area contributed by atoms with E-state index in [1.165, 1.54) is 11.9 Å². The maximum Gasteiger partial charge on any atom is 0.243 e. The first-order valence-electron chi connectivity index (χ1n) is 13.4. The third kappa shape index (κ3) is 7.81. The van der Waals surface area contributed by atoms with Crippen LogP contribution in [-0.4, -0.2) is 55.1 Å². The summed E-state index contributed by atoms with van der Waals surface area (Å²) < 4.78 is 29.0. The van der Waals surface area contributed by atoms with E-state index in [0.29, 0.717) is 0 Å². The lowest BCUT2D eigenvalue weighted by Gasteiger charge is -2.33. The standard InChI is InChI=1S/C32H34BrN3O4S/c1-23(2)34-32(38)30(19-24-9-5-4-6-10-24)36(21-25-13-16-28(33)17-14-25)31(37)22-35(3)41(39,40)29-18-15-26-11-7-8-12-27(26)20-29/h4-18,20,23,30H,19,21-22H2,1-3H3,(H,34,38)/t30-/m0/s1. The number of sulfonamides is 1. The lowest BCUT2D eigenvalue weighted by Crippen LogP contribution is -2.53. The highest BCUT2D eigenvalue weighted by Gasteiger charge is 2.33. The molecule has 0 aromatic heterocycles. The number of fused-ring (bicyclic) bond motifs is 1. The van der Waals surface area contributed by atoms with Crippen LogP contribution in [0.1, 0.15) is 25.0 Å². The van der Waals surface area contributed by atoms with Gasteiger partial charge in [-0.1, -0.05) is 88.7 Å². The van der Waals surface area contributed by atoms with Crippen LogP contribution in [0.15, 0.2) is 106 Å². The maximum absolute atomic E-state index is 14.0. The van der Waals surface area contributed by atoms with Crippen LogP contribution in [0.2, 0.25) is 0 Å². The monoisotopic (exact) mass is 635 g/mol. The summed E-state index contributed by atoms with van der Waals surface area (Å²) in [5, 5.41) is 4.66. The SMILES string of the molecule is CC(C)NC(=O)[C@H](Cc1ccccc1)N(Cc1ccc(Br)cc1)C(=O)CN(C)S(=O)(=O)c1ccc2ccccc2c1. The fourth-order valence-electron chi connectivity index (χ4n) is 4.60. The Kier molecular flexibility index (Phi) is 9.96. The van der Waals surface area contributed by atoms with E-state index in [-0.39, 0.29) is 29.8 Å². The highest BCUT2D eigenvalue weighted by atomic mass is 79.9. The van der Waals surface area contributed by atoms with E-state index in [2.05, 4.69) is 21.2 Å². The van der Waals surface area contributed by atoms with Crippen LogP contribution < -0.4 is 5.32 Å². The molecule has 0 bridgehead atoms. The average Bonchev–Trinajstić information content (AvgIpc) is 2.95. The Bertz CT molecular complexity index is 1610. The zero-order valence-electron chi connectivity index (χ0n) is 23.3. The number of likely N-dealkylation sites (N-methyl/N-ethyl adjacent to an activating group) is 1. The van der Waals surface area contributed by atoms with E-state index in [1.54, 1.807) is 18.2 Å². The molecule has 4 aromatic carbocycles. The van der Waals surface area contributed by atoms with Crippen LogP contribution in [0.25, 0.3) is 10.8 Å². The number of hydrogen-bond acceptors (Lipinski definition) is 4. The maximum atomic E-state index is 14.0. The Morgan fingerprint density at radius 3 is 2.12 bits per heavy atom. The van der Waals surface area contributed by atoms with E-state index >= 15 is 0 Å². The Hall–Kier alpha value is -3.53. The van der Waals surface area contributed by atoms with Gasteiger partial charge in [0, 0.05) is 30.5 Å². The molecular formula is C32H34BrN3O4S. The number of halogens is 1. The van der Waals surface area contributed by atoms with Crippen molar-refractivity contribution in [1.29, 1.82) is 0 Å². The summed E-state index contributed by atoms with van der Waals surface area (Å²) in [6, 6.07) is 28.4. The third-order valence-electron chi connectivity index (χ3n) is 6.76. The van der Waals surface area contributed by atoms with Gasteiger partial charge in [-0.25, -0.2) is 8.42 Å². The van der Waals surface area contributed by atoms with Gasteiger partial charge in [-0.2, -0.15) is 4.31 Å². The van der Waals surface area contributed by atoms with Crippen molar-refractivity contribution < 1.29 is 18.0 Å². The first-order chi connectivity index (χ1) is 19.5.